The first kappa shape index (κ1) is 18.9. The van der Waals surface area contributed by atoms with Crippen LogP contribution in [0, 0.1) is 0 Å². The number of hydrogen-bond donors (Lipinski definition) is 1. The molecule has 0 saturated carbocycles. The fourth-order valence-electron chi connectivity index (χ4n) is 2.76. The summed E-state index contributed by atoms with van der Waals surface area (Å²) in [6.07, 6.45) is 0.870. The third-order valence-corrected chi connectivity index (χ3v) is 4.33. The molecule has 2 aromatic heterocycles. The Hall–Kier alpha value is -2.89. The topological polar surface area (TPSA) is 68.5 Å². The van der Waals surface area contributed by atoms with Crippen molar-refractivity contribution in [3.05, 3.63) is 47.8 Å². The number of benzene rings is 1. The molecule has 1 N–H and O–H groups in total. The van der Waals surface area contributed by atoms with Gasteiger partial charge in [0.2, 0.25) is 0 Å². The lowest BCUT2D eigenvalue weighted by Gasteiger charge is -2.13. The maximum Gasteiger partial charge on any atom is 0.270 e. The van der Waals surface area contributed by atoms with Crippen LogP contribution in [0.15, 0.2) is 36.4 Å². The Morgan fingerprint density at radius 3 is 2.67 bits per heavy atom. The van der Waals surface area contributed by atoms with Gasteiger partial charge in [-0.25, -0.2) is 9.50 Å². The van der Waals surface area contributed by atoms with Gasteiger partial charge in [0, 0.05) is 23.6 Å². The van der Waals surface area contributed by atoms with Crippen LogP contribution in [-0.2, 0) is 5.41 Å². The lowest BCUT2D eigenvalue weighted by atomic mass is 9.93. The number of methoxy groups -OCH3 is 1. The van der Waals surface area contributed by atoms with Gasteiger partial charge in [-0.15, -0.1) is 0 Å². The summed E-state index contributed by atoms with van der Waals surface area (Å²) in [5.41, 5.74) is 3.48. The van der Waals surface area contributed by atoms with E-state index < -0.39 is 0 Å². The highest BCUT2D eigenvalue weighted by molar-refractivity contribution is 5.94. The molecule has 1 aromatic carbocycles. The van der Waals surface area contributed by atoms with Gasteiger partial charge in [0.1, 0.15) is 11.4 Å². The third-order valence-electron chi connectivity index (χ3n) is 4.33. The minimum atomic E-state index is -0.156. The number of rotatable bonds is 5. The molecule has 0 fully saturated rings. The summed E-state index contributed by atoms with van der Waals surface area (Å²) in [5, 5.41) is 7.59. The largest absolute Gasteiger partial charge is 0.497 e. The average molecular weight is 366 g/mol. The summed E-state index contributed by atoms with van der Waals surface area (Å²) < 4.78 is 6.95. The third kappa shape index (κ3) is 3.94. The van der Waals surface area contributed by atoms with Crippen LogP contribution >= 0.6 is 0 Å². The van der Waals surface area contributed by atoms with Gasteiger partial charge in [0.15, 0.2) is 5.65 Å². The molecule has 3 aromatic rings. The minimum Gasteiger partial charge on any atom is -0.497 e. The number of fused-ring (bicyclic) bond motifs is 1. The highest BCUT2D eigenvalue weighted by atomic mass is 16.5. The molecular formula is C21H26N4O2. The molecular weight excluding hydrogens is 340 g/mol. The monoisotopic (exact) mass is 366 g/mol. The fraction of sp³-hybridized carbons (Fsp3) is 0.381. The van der Waals surface area contributed by atoms with Crippen molar-refractivity contribution in [1.29, 1.82) is 0 Å². The van der Waals surface area contributed by atoms with Crippen LogP contribution in [0.3, 0.4) is 0 Å². The molecule has 0 unspecified atom stereocenters. The molecule has 0 atom stereocenters. The number of aromatic nitrogens is 3. The van der Waals surface area contributed by atoms with E-state index in [0.29, 0.717) is 23.6 Å². The summed E-state index contributed by atoms with van der Waals surface area (Å²) in [7, 11) is 1.63. The van der Waals surface area contributed by atoms with E-state index in [9.17, 15) is 4.79 Å². The van der Waals surface area contributed by atoms with Gasteiger partial charge in [0.25, 0.3) is 5.91 Å². The summed E-state index contributed by atoms with van der Waals surface area (Å²) in [6.45, 7) is 8.91. The van der Waals surface area contributed by atoms with Gasteiger partial charge in [-0.1, -0.05) is 39.8 Å². The van der Waals surface area contributed by atoms with Crippen LogP contribution in [-0.4, -0.2) is 34.2 Å². The maximum atomic E-state index is 12.8. The molecule has 2 heterocycles. The average Bonchev–Trinajstić information content (AvgIpc) is 3.10. The van der Waals surface area contributed by atoms with Crippen LogP contribution in [0.1, 0.15) is 50.3 Å². The van der Waals surface area contributed by atoms with Gasteiger partial charge in [-0.3, -0.25) is 4.79 Å². The van der Waals surface area contributed by atoms with Crippen LogP contribution in [0.25, 0.3) is 16.9 Å². The second kappa shape index (κ2) is 7.39. The zero-order chi connectivity index (χ0) is 19.6. The molecule has 0 radical (unpaired) electrons. The van der Waals surface area contributed by atoms with Crippen LogP contribution < -0.4 is 10.1 Å². The predicted octanol–water partition coefficient (Wildman–Crippen LogP) is 3.84. The number of carbonyl (C=O) groups excluding carboxylic acids is 1. The van der Waals surface area contributed by atoms with E-state index in [0.717, 1.165) is 23.4 Å². The summed E-state index contributed by atoms with van der Waals surface area (Å²) in [6, 6.07) is 11.4. The van der Waals surface area contributed by atoms with Crippen molar-refractivity contribution in [3.8, 4) is 17.0 Å². The van der Waals surface area contributed by atoms with Crippen molar-refractivity contribution in [2.75, 3.05) is 13.7 Å². The number of hydrogen-bond acceptors (Lipinski definition) is 4. The van der Waals surface area contributed by atoms with Crippen molar-refractivity contribution in [2.45, 2.75) is 39.5 Å². The Balaban J connectivity index is 2.19. The van der Waals surface area contributed by atoms with E-state index in [1.54, 1.807) is 17.7 Å². The Morgan fingerprint density at radius 2 is 2.00 bits per heavy atom. The van der Waals surface area contributed by atoms with Gasteiger partial charge in [-0.05, 0) is 24.6 Å². The fourth-order valence-corrected chi connectivity index (χ4v) is 2.76. The molecule has 0 aliphatic rings. The summed E-state index contributed by atoms with van der Waals surface area (Å²) >= 11 is 0. The van der Waals surface area contributed by atoms with Crippen molar-refractivity contribution in [1.82, 2.24) is 19.9 Å². The first-order valence-corrected chi connectivity index (χ1v) is 9.17. The van der Waals surface area contributed by atoms with E-state index >= 15 is 0 Å². The highest BCUT2D eigenvalue weighted by Gasteiger charge is 2.22. The Morgan fingerprint density at radius 1 is 1.22 bits per heavy atom. The molecule has 0 bridgehead atoms. The Kier molecular flexibility index (Phi) is 5.17. The molecule has 27 heavy (non-hydrogen) atoms. The highest BCUT2D eigenvalue weighted by Crippen LogP contribution is 2.26. The second-order valence-corrected chi connectivity index (χ2v) is 7.56. The second-order valence-electron chi connectivity index (χ2n) is 7.56. The van der Waals surface area contributed by atoms with Crippen molar-refractivity contribution in [3.63, 3.8) is 0 Å². The minimum absolute atomic E-state index is 0.138. The maximum absolute atomic E-state index is 12.8. The van der Waals surface area contributed by atoms with E-state index in [4.69, 9.17) is 9.72 Å². The number of nitrogens with zero attached hydrogens (tertiary/aromatic N) is 3. The first-order valence-electron chi connectivity index (χ1n) is 9.17. The van der Waals surface area contributed by atoms with Crippen molar-refractivity contribution >= 4 is 11.6 Å². The van der Waals surface area contributed by atoms with Crippen LogP contribution in [0.5, 0.6) is 5.75 Å². The van der Waals surface area contributed by atoms with E-state index in [1.165, 1.54) is 0 Å². The molecule has 0 saturated heterocycles. The smallest absolute Gasteiger partial charge is 0.270 e. The Bertz CT molecular complexity index is 970. The van der Waals surface area contributed by atoms with E-state index in [1.807, 2.05) is 37.3 Å². The van der Waals surface area contributed by atoms with Crippen LogP contribution in [0.4, 0.5) is 0 Å². The number of carbonyl (C=O) groups is 1. The van der Waals surface area contributed by atoms with Gasteiger partial charge in [0.05, 0.1) is 18.5 Å². The molecule has 0 aliphatic carbocycles. The normalized spacial score (nSPS) is 11.6. The van der Waals surface area contributed by atoms with Gasteiger partial charge >= 0.3 is 0 Å². The van der Waals surface area contributed by atoms with Gasteiger partial charge < -0.3 is 10.1 Å². The molecule has 1 amide bonds. The SMILES string of the molecule is CCCNC(=O)c1cc(-c2cccc(OC)c2)nc2cc(C(C)(C)C)nn12. The molecule has 3 rings (SSSR count). The number of ether oxygens (including phenoxy) is 1. The van der Waals surface area contributed by atoms with Crippen molar-refractivity contribution < 1.29 is 9.53 Å². The number of nitrogens with one attached hydrogen (secondary N) is 1. The summed E-state index contributed by atoms with van der Waals surface area (Å²) in [4.78, 5) is 17.5. The number of amides is 1. The lowest BCUT2D eigenvalue weighted by Crippen LogP contribution is -2.26. The first-order chi connectivity index (χ1) is 12.8. The standard InChI is InChI=1S/C21H26N4O2/c1-6-10-22-20(26)17-12-16(14-8-7-9-15(11-14)27-5)23-19-13-18(21(2,3)4)24-25(17)19/h7-9,11-13H,6,10H2,1-5H3,(H,22,26). The predicted molar refractivity (Wildman–Crippen MR) is 106 cm³/mol. The molecule has 142 valence electrons. The lowest BCUT2D eigenvalue weighted by molar-refractivity contribution is 0.0946. The molecule has 0 spiro atoms. The van der Waals surface area contributed by atoms with Crippen molar-refractivity contribution in [2.24, 2.45) is 0 Å². The molecule has 0 aliphatic heterocycles. The summed E-state index contributed by atoms with van der Waals surface area (Å²) in [5.74, 6) is 0.590. The molecule has 6 nitrogen and oxygen atoms in total. The Labute approximate surface area is 159 Å². The molecule has 6 heteroatoms. The quantitative estimate of drug-likeness (QED) is 0.745. The van der Waals surface area contributed by atoms with Crippen LogP contribution in [0.2, 0.25) is 0 Å². The zero-order valence-corrected chi connectivity index (χ0v) is 16.5. The van der Waals surface area contributed by atoms with Gasteiger partial charge in [-0.2, -0.15) is 5.10 Å². The van der Waals surface area contributed by atoms with E-state index in [2.05, 4.69) is 31.2 Å². The zero-order valence-electron chi connectivity index (χ0n) is 16.5. The van der Waals surface area contributed by atoms with E-state index in [-0.39, 0.29) is 11.3 Å².